The Labute approximate surface area is 161 Å². The minimum absolute atomic E-state index is 0.211. The minimum atomic E-state index is -1.01. The molecule has 2 aliphatic rings. The monoisotopic (exact) mass is 377 g/mol. The molecule has 2 atom stereocenters. The fourth-order valence-electron chi connectivity index (χ4n) is 3.92. The van der Waals surface area contributed by atoms with Gasteiger partial charge in [0, 0.05) is 12.8 Å². The molecular weight excluding hydrogens is 346 g/mol. The third-order valence-electron chi connectivity index (χ3n) is 5.00. The lowest BCUT2D eigenvalue weighted by Crippen LogP contribution is -2.63. The molecule has 27 heavy (non-hydrogen) atoms. The molecule has 1 aromatic rings. The second-order valence-corrected chi connectivity index (χ2v) is 8.55. The zero-order chi connectivity index (χ0) is 19.7. The van der Waals surface area contributed by atoms with Crippen molar-refractivity contribution in [2.75, 3.05) is 19.8 Å². The van der Waals surface area contributed by atoms with Crippen LogP contribution in [0.5, 0.6) is 5.75 Å². The second kappa shape index (κ2) is 7.68. The second-order valence-electron chi connectivity index (χ2n) is 8.55. The highest BCUT2D eigenvalue weighted by atomic mass is 16.6. The molecule has 150 valence electrons. The Balaban J connectivity index is 1.80. The molecule has 2 bridgehead atoms. The Kier molecular flexibility index (Phi) is 5.68. The van der Waals surface area contributed by atoms with Gasteiger partial charge in [-0.25, -0.2) is 4.79 Å². The summed E-state index contributed by atoms with van der Waals surface area (Å²) in [4.78, 5) is 14.5. The SMILES string of the molecule is CCCOc1cccc(C2(O)CC3COCC(C2)N3C(=O)OC(C)(C)C)c1. The van der Waals surface area contributed by atoms with E-state index in [-0.39, 0.29) is 18.2 Å². The van der Waals surface area contributed by atoms with E-state index in [1.165, 1.54) is 0 Å². The van der Waals surface area contributed by atoms with Gasteiger partial charge in [-0.1, -0.05) is 19.1 Å². The molecule has 1 aromatic carbocycles. The highest BCUT2D eigenvalue weighted by Crippen LogP contribution is 2.42. The van der Waals surface area contributed by atoms with Crippen molar-refractivity contribution in [3.8, 4) is 5.75 Å². The van der Waals surface area contributed by atoms with Gasteiger partial charge in [0.2, 0.25) is 0 Å². The molecule has 2 saturated heterocycles. The predicted molar refractivity (Wildman–Crippen MR) is 102 cm³/mol. The molecule has 2 aliphatic heterocycles. The minimum Gasteiger partial charge on any atom is -0.494 e. The van der Waals surface area contributed by atoms with Gasteiger partial charge in [0.05, 0.1) is 37.5 Å². The summed E-state index contributed by atoms with van der Waals surface area (Å²) >= 11 is 0. The lowest BCUT2D eigenvalue weighted by atomic mass is 9.77. The summed E-state index contributed by atoms with van der Waals surface area (Å²) in [6.07, 6.45) is 1.43. The maximum Gasteiger partial charge on any atom is 0.410 e. The number of piperidine rings is 1. The number of amides is 1. The van der Waals surface area contributed by atoms with Crippen LogP contribution in [0.15, 0.2) is 24.3 Å². The summed E-state index contributed by atoms with van der Waals surface area (Å²) < 4.78 is 17.0. The number of rotatable bonds is 4. The normalized spacial score (nSPS) is 28.0. The quantitative estimate of drug-likeness (QED) is 0.870. The molecule has 2 unspecified atom stereocenters. The van der Waals surface area contributed by atoms with Crippen molar-refractivity contribution in [1.29, 1.82) is 0 Å². The van der Waals surface area contributed by atoms with Gasteiger partial charge < -0.3 is 19.3 Å². The number of morpholine rings is 1. The van der Waals surface area contributed by atoms with Crippen LogP contribution in [0.25, 0.3) is 0 Å². The van der Waals surface area contributed by atoms with Crippen LogP contribution in [0.1, 0.15) is 52.5 Å². The summed E-state index contributed by atoms with van der Waals surface area (Å²) in [5.74, 6) is 0.763. The maximum atomic E-state index is 12.7. The zero-order valence-corrected chi connectivity index (χ0v) is 16.7. The molecular formula is C21H31NO5. The standard InChI is InChI=1S/C21H31NO5/c1-5-9-26-18-8-6-7-15(10-18)21(24)11-16-13-25-14-17(12-21)22(16)19(23)27-20(2,3)4/h6-8,10,16-17,24H,5,9,11-14H2,1-4H3. The van der Waals surface area contributed by atoms with Gasteiger partial charge in [-0.15, -0.1) is 0 Å². The Morgan fingerprint density at radius 1 is 1.30 bits per heavy atom. The maximum absolute atomic E-state index is 12.7. The molecule has 0 radical (unpaired) electrons. The smallest absolute Gasteiger partial charge is 0.410 e. The van der Waals surface area contributed by atoms with E-state index >= 15 is 0 Å². The Bertz CT molecular complexity index is 655. The molecule has 6 nitrogen and oxygen atoms in total. The molecule has 2 fully saturated rings. The number of aliphatic hydroxyl groups is 1. The molecule has 1 amide bonds. The lowest BCUT2D eigenvalue weighted by Gasteiger charge is -2.51. The first-order valence-electron chi connectivity index (χ1n) is 9.76. The Hall–Kier alpha value is -1.79. The van der Waals surface area contributed by atoms with Crippen molar-refractivity contribution in [1.82, 2.24) is 4.90 Å². The van der Waals surface area contributed by atoms with Crippen molar-refractivity contribution < 1.29 is 24.1 Å². The van der Waals surface area contributed by atoms with Crippen molar-refractivity contribution >= 4 is 6.09 Å². The molecule has 3 rings (SSSR count). The van der Waals surface area contributed by atoms with Gasteiger partial charge in [0.25, 0.3) is 0 Å². The molecule has 0 aliphatic carbocycles. The van der Waals surface area contributed by atoms with Crippen molar-refractivity contribution in [2.45, 2.75) is 70.2 Å². The summed E-state index contributed by atoms with van der Waals surface area (Å²) in [5, 5.41) is 11.4. The molecule has 1 N–H and O–H groups in total. The predicted octanol–water partition coefficient (Wildman–Crippen LogP) is 3.46. The van der Waals surface area contributed by atoms with E-state index in [9.17, 15) is 9.90 Å². The van der Waals surface area contributed by atoms with Gasteiger partial charge in [-0.05, 0) is 44.9 Å². The van der Waals surface area contributed by atoms with E-state index in [4.69, 9.17) is 14.2 Å². The van der Waals surface area contributed by atoms with Crippen LogP contribution in [0, 0.1) is 0 Å². The fourth-order valence-corrected chi connectivity index (χ4v) is 3.92. The highest BCUT2D eigenvalue weighted by molar-refractivity contribution is 5.69. The molecule has 0 saturated carbocycles. The average Bonchev–Trinajstić information content (AvgIpc) is 2.58. The van der Waals surface area contributed by atoms with Gasteiger partial charge in [-0.3, -0.25) is 4.90 Å². The summed E-state index contributed by atoms with van der Waals surface area (Å²) in [6.45, 7) is 9.10. The largest absolute Gasteiger partial charge is 0.494 e. The Morgan fingerprint density at radius 2 is 1.96 bits per heavy atom. The molecule has 6 heteroatoms. The number of fused-ring (bicyclic) bond motifs is 2. The van der Waals surface area contributed by atoms with Gasteiger partial charge in [0.15, 0.2) is 0 Å². The van der Waals surface area contributed by atoms with Crippen molar-refractivity contribution in [3.05, 3.63) is 29.8 Å². The van der Waals surface area contributed by atoms with E-state index in [1.54, 1.807) is 4.90 Å². The van der Waals surface area contributed by atoms with Gasteiger partial charge >= 0.3 is 6.09 Å². The van der Waals surface area contributed by atoms with E-state index in [1.807, 2.05) is 45.0 Å². The zero-order valence-electron chi connectivity index (χ0n) is 16.7. The van der Waals surface area contributed by atoms with Crippen LogP contribution in [-0.2, 0) is 15.1 Å². The lowest BCUT2D eigenvalue weighted by molar-refractivity contribution is -0.141. The topological polar surface area (TPSA) is 68.2 Å². The summed E-state index contributed by atoms with van der Waals surface area (Å²) in [5.41, 5.74) is -0.731. The van der Waals surface area contributed by atoms with Crippen molar-refractivity contribution in [3.63, 3.8) is 0 Å². The van der Waals surface area contributed by atoms with Gasteiger partial charge in [0.1, 0.15) is 11.4 Å². The van der Waals surface area contributed by atoms with Crippen molar-refractivity contribution in [2.24, 2.45) is 0 Å². The first kappa shape index (κ1) is 20.0. The third-order valence-corrected chi connectivity index (χ3v) is 5.00. The van der Waals surface area contributed by atoms with E-state index in [0.717, 1.165) is 17.7 Å². The van der Waals surface area contributed by atoms with Crippen LogP contribution < -0.4 is 4.74 Å². The highest BCUT2D eigenvalue weighted by Gasteiger charge is 2.49. The van der Waals surface area contributed by atoms with Crippen LogP contribution in [-0.4, -0.2) is 53.6 Å². The number of hydrogen-bond acceptors (Lipinski definition) is 5. The third kappa shape index (κ3) is 4.55. The van der Waals surface area contributed by atoms with Gasteiger partial charge in [-0.2, -0.15) is 0 Å². The molecule has 2 heterocycles. The van der Waals surface area contributed by atoms with E-state index < -0.39 is 11.2 Å². The molecule has 0 spiro atoms. The number of hydrogen-bond donors (Lipinski definition) is 1. The van der Waals surface area contributed by atoms with Crippen LogP contribution in [0.3, 0.4) is 0 Å². The number of carbonyl (C=O) groups is 1. The molecule has 0 aromatic heterocycles. The summed E-state index contributed by atoms with van der Waals surface area (Å²) in [7, 11) is 0. The average molecular weight is 377 g/mol. The van der Waals surface area contributed by atoms with Crippen LogP contribution in [0.2, 0.25) is 0 Å². The number of ether oxygens (including phenoxy) is 3. The number of carbonyl (C=O) groups excluding carboxylic acids is 1. The van der Waals surface area contributed by atoms with Crippen LogP contribution >= 0.6 is 0 Å². The van der Waals surface area contributed by atoms with E-state index in [0.29, 0.717) is 32.7 Å². The summed E-state index contributed by atoms with van der Waals surface area (Å²) in [6, 6.07) is 7.23. The number of nitrogens with zero attached hydrogens (tertiary/aromatic N) is 1. The number of benzene rings is 1. The Morgan fingerprint density at radius 3 is 2.56 bits per heavy atom. The first-order chi connectivity index (χ1) is 12.7. The van der Waals surface area contributed by atoms with E-state index in [2.05, 4.69) is 6.92 Å². The van der Waals surface area contributed by atoms with Crippen LogP contribution in [0.4, 0.5) is 4.79 Å². The first-order valence-corrected chi connectivity index (χ1v) is 9.76. The fraction of sp³-hybridized carbons (Fsp3) is 0.667.